The number of aromatic hydroxyl groups is 2. The van der Waals surface area contributed by atoms with Crippen LogP contribution in [0.2, 0.25) is 0 Å². The van der Waals surface area contributed by atoms with Crippen LogP contribution in [-0.4, -0.2) is 59.4 Å². The van der Waals surface area contributed by atoms with Gasteiger partial charge in [-0.2, -0.15) is 0 Å². The number of esters is 2. The summed E-state index contributed by atoms with van der Waals surface area (Å²) in [5.74, 6) is -1.06. The van der Waals surface area contributed by atoms with Gasteiger partial charge in [0.15, 0.2) is 0 Å². The fraction of sp³-hybridized carbons (Fsp3) is 0.529. The molecule has 10 heteroatoms. The topological polar surface area (TPSA) is 141 Å². The normalized spacial score (nSPS) is 21.7. The summed E-state index contributed by atoms with van der Waals surface area (Å²) in [6.45, 7) is 12.3. The molecule has 0 bridgehead atoms. The number of hydrogen-bond donors (Lipinski definition) is 6. The van der Waals surface area contributed by atoms with Crippen molar-refractivity contribution in [1.82, 2.24) is 10.6 Å². The van der Waals surface area contributed by atoms with Crippen molar-refractivity contribution >= 4 is 23.3 Å². The van der Waals surface area contributed by atoms with Gasteiger partial charge in [0.25, 0.3) is 0 Å². The standard InChI is InChI=1S/C34H48N4O6/c1-33(2,3)37-23-13-9-19-21(11-15-25(39)29(19)35-7)31(23)43-27(41)17-18-28(42)44-32-22-12-16-26(40)30(36-8)20(22)10-14-24(32)38-34(4,5)6/h11-12,15-18,23-24,31-32,35-40H,9-10,13-14H2,1-8H3/b18-17+. The van der Waals surface area contributed by atoms with Gasteiger partial charge in [0.2, 0.25) is 0 Å². The van der Waals surface area contributed by atoms with E-state index in [0.29, 0.717) is 37.1 Å². The van der Waals surface area contributed by atoms with Crippen LogP contribution < -0.4 is 21.3 Å². The molecule has 0 saturated carbocycles. The van der Waals surface area contributed by atoms with E-state index in [1.54, 1.807) is 38.4 Å². The van der Waals surface area contributed by atoms with Crippen LogP contribution in [0, 0.1) is 0 Å². The number of anilines is 2. The largest absolute Gasteiger partial charge is 0.506 e. The van der Waals surface area contributed by atoms with Gasteiger partial charge in [0.05, 0.1) is 11.4 Å². The van der Waals surface area contributed by atoms with E-state index in [4.69, 9.17) is 9.47 Å². The van der Waals surface area contributed by atoms with Crippen LogP contribution in [0.4, 0.5) is 11.4 Å². The van der Waals surface area contributed by atoms with Gasteiger partial charge in [-0.15, -0.1) is 0 Å². The van der Waals surface area contributed by atoms with Gasteiger partial charge in [-0.1, -0.05) is 12.1 Å². The Balaban J connectivity index is 1.55. The second-order valence-electron chi connectivity index (χ2n) is 13.7. The number of ether oxygens (including phenoxy) is 2. The third kappa shape index (κ3) is 7.65. The number of carbonyl (C=O) groups is 2. The van der Waals surface area contributed by atoms with Crippen molar-refractivity contribution in [3.05, 3.63) is 58.7 Å². The van der Waals surface area contributed by atoms with Crippen molar-refractivity contribution in [1.29, 1.82) is 0 Å². The van der Waals surface area contributed by atoms with Crippen molar-refractivity contribution in [3.8, 4) is 11.5 Å². The minimum Gasteiger partial charge on any atom is -0.506 e. The quantitative estimate of drug-likeness (QED) is 0.138. The summed E-state index contributed by atoms with van der Waals surface area (Å²) in [6.07, 6.45) is 3.74. The number of carbonyl (C=O) groups excluding carboxylic acids is 2. The number of nitrogens with one attached hydrogen (secondary N) is 4. The van der Waals surface area contributed by atoms with E-state index in [1.807, 2.05) is 0 Å². The van der Waals surface area contributed by atoms with E-state index in [0.717, 1.165) is 34.4 Å². The second-order valence-corrected chi connectivity index (χ2v) is 13.7. The minimum atomic E-state index is -0.671. The van der Waals surface area contributed by atoms with Gasteiger partial charge in [-0.25, -0.2) is 9.59 Å². The van der Waals surface area contributed by atoms with Crippen molar-refractivity contribution in [2.24, 2.45) is 0 Å². The Bertz CT molecular complexity index is 1300. The average Bonchev–Trinajstić information content (AvgIpc) is 2.92. The molecule has 2 aromatic carbocycles. The fourth-order valence-corrected chi connectivity index (χ4v) is 6.43. The predicted molar refractivity (Wildman–Crippen MR) is 172 cm³/mol. The Morgan fingerprint density at radius 1 is 0.705 bits per heavy atom. The molecule has 2 aliphatic carbocycles. The molecule has 4 unspecified atom stereocenters. The molecule has 240 valence electrons. The minimum absolute atomic E-state index is 0.141. The lowest BCUT2D eigenvalue weighted by Crippen LogP contribution is -2.49. The molecule has 4 atom stereocenters. The molecular formula is C34H48N4O6. The Morgan fingerprint density at radius 2 is 1.07 bits per heavy atom. The first-order valence-corrected chi connectivity index (χ1v) is 15.3. The molecule has 0 aromatic heterocycles. The van der Waals surface area contributed by atoms with Crippen LogP contribution in [0.3, 0.4) is 0 Å². The lowest BCUT2D eigenvalue weighted by atomic mass is 9.83. The number of hydrogen-bond acceptors (Lipinski definition) is 10. The van der Waals surface area contributed by atoms with E-state index in [9.17, 15) is 19.8 Å². The summed E-state index contributed by atoms with van der Waals surface area (Å²) in [7, 11) is 3.50. The maximum absolute atomic E-state index is 13.2. The molecule has 0 radical (unpaired) electrons. The maximum Gasteiger partial charge on any atom is 0.331 e. The van der Waals surface area contributed by atoms with E-state index >= 15 is 0 Å². The van der Waals surface area contributed by atoms with Crippen LogP contribution in [0.1, 0.15) is 88.8 Å². The summed E-state index contributed by atoms with van der Waals surface area (Å²) in [6, 6.07) is 6.45. The Labute approximate surface area is 260 Å². The third-order valence-electron chi connectivity index (χ3n) is 7.99. The SMILES string of the molecule is CNc1c(O)ccc2c1CCC(NC(C)(C)C)C2OC(=O)/C=C/C(=O)OC1c2ccc(O)c(NC)c2CCC1NC(C)(C)C. The van der Waals surface area contributed by atoms with Crippen molar-refractivity contribution in [2.45, 2.75) is 103 Å². The summed E-state index contributed by atoms with van der Waals surface area (Å²) in [5, 5.41) is 34.0. The summed E-state index contributed by atoms with van der Waals surface area (Å²) < 4.78 is 12.0. The molecular weight excluding hydrogens is 560 g/mol. The average molecular weight is 609 g/mol. The van der Waals surface area contributed by atoms with Gasteiger partial charge >= 0.3 is 11.9 Å². The highest BCUT2D eigenvalue weighted by Gasteiger charge is 2.37. The van der Waals surface area contributed by atoms with Gasteiger partial charge < -0.3 is 41.0 Å². The van der Waals surface area contributed by atoms with Crippen LogP contribution in [0.15, 0.2) is 36.4 Å². The molecule has 4 rings (SSSR count). The van der Waals surface area contributed by atoms with Crippen molar-refractivity contribution < 1.29 is 29.3 Å². The fourth-order valence-electron chi connectivity index (χ4n) is 6.43. The summed E-state index contributed by atoms with van der Waals surface area (Å²) in [5.41, 5.74) is 4.21. The van der Waals surface area contributed by atoms with Gasteiger partial charge in [-0.05, 0) is 102 Å². The first-order valence-electron chi connectivity index (χ1n) is 15.3. The second kappa shape index (κ2) is 13.1. The number of phenolic OH excluding ortho intramolecular Hbond substituents is 2. The highest BCUT2D eigenvalue weighted by atomic mass is 16.6. The zero-order valence-electron chi connectivity index (χ0n) is 27.1. The summed E-state index contributed by atoms with van der Waals surface area (Å²) >= 11 is 0. The molecule has 2 aliphatic rings. The molecule has 0 saturated heterocycles. The number of benzene rings is 2. The Morgan fingerprint density at radius 3 is 1.39 bits per heavy atom. The van der Waals surface area contributed by atoms with Crippen molar-refractivity contribution in [3.63, 3.8) is 0 Å². The first-order chi connectivity index (χ1) is 20.6. The number of rotatable bonds is 8. The Hall–Kier alpha value is -3.76. The van der Waals surface area contributed by atoms with Gasteiger partial charge in [0, 0.05) is 49.4 Å². The first kappa shape index (κ1) is 33.1. The predicted octanol–water partition coefficient (Wildman–Crippen LogP) is 5.01. The molecule has 6 N–H and O–H groups in total. The van der Waals surface area contributed by atoms with E-state index in [-0.39, 0.29) is 34.7 Å². The zero-order chi connectivity index (χ0) is 32.4. The summed E-state index contributed by atoms with van der Waals surface area (Å²) in [4.78, 5) is 26.3. The lowest BCUT2D eigenvalue weighted by molar-refractivity contribution is -0.148. The molecule has 0 amide bonds. The monoisotopic (exact) mass is 608 g/mol. The van der Waals surface area contributed by atoms with Crippen molar-refractivity contribution in [2.75, 3.05) is 24.7 Å². The zero-order valence-corrected chi connectivity index (χ0v) is 27.1. The smallest absolute Gasteiger partial charge is 0.331 e. The van der Waals surface area contributed by atoms with Crippen LogP contribution >= 0.6 is 0 Å². The number of fused-ring (bicyclic) bond motifs is 2. The third-order valence-corrected chi connectivity index (χ3v) is 7.99. The maximum atomic E-state index is 13.2. The van der Waals surface area contributed by atoms with Crippen LogP contribution in [-0.2, 0) is 31.9 Å². The molecule has 0 aliphatic heterocycles. The van der Waals surface area contributed by atoms with Gasteiger partial charge in [0.1, 0.15) is 23.7 Å². The molecule has 0 heterocycles. The van der Waals surface area contributed by atoms with Crippen LogP contribution in [0.5, 0.6) is 11.5 Å². The molecule has 10 nitrogen and oxygen atoms in total. The van der Waals surface area contributed by atoms with Crippen LogP contribution in [0.25, 0.3) is 0 Å². The van der Waals surface area contributed by atoms with Gasteiger partial charge in [-0.3, -0.25) is 0 Å². The molecule has 0 spiro atoms. The van der Waals surface area contributed by atoms with E-state index < -0.39 is 24.1 Å². The molecule has 44 heavy (non-hydrogen) atoms. The highest BCUT2D eigenvalue weighted by Crippen LogP contribution is 2.42. The molecule has 2 aromatic rings. The lowest BCUT2D eigenvalue weighted by Gasteiger charge is -2.38. The highest BCUT2D eigenvalue weighted by molar-refractivity contribution is 5.92. The number of phenols is 2. The molecule has 0 fully saturated rings. The van der Waals surface area contributed by atoms with E-state index in [2.05, 4.69) is 62.8 Å². The van der Waals surface area contributed by atoms with E-state index in [1.165, 1.54) is 0 Å². The Kier molecular flexibility index (Phi) is 9.85.